The summed E-state index contributed by atoms with van der Waals surface area (Å²) in [6.45, 7) is 7.77. The first-order valence-corrected chi connectivity index (χ1v) is 12.8. The lowest BCUT2D eigenvalue weighted by Gasteiger charge is -2.29. The zero-order valence-electron chi connectivity index (χ0n) is 20.1. The number of sulfone groups is 1. The van der Waals surface area contributed by atoms with E-state index in [1.165, 1.54) is 6.26 Å². The van der Waals surface area contributed by atoms with E-state index < -0.39 is 27.2 Å². The molecule has 9 nitrogen and oxygen atoms in total. The Balaban J connectivity index is 2.06. The summed E-state index contributed by atoms with van der Waals surface area (Å²) in [5.41, 5.74) is 1.29. The number of carbonyl (C=O) groups excluding carboxylic acids is 2. The first kappa shape index (κ1) is 24.9. The second kappa shape index (κ2) is 9.26. The minimum absolute atomic E-state index is 0.227. The minimum Gasteiger partial charge on any atom is -0.357 e. The Morgan fingerprint density at radius 1 is 1.12 bits per heavy atom. The lowest BCUT2D eigenvalue weighted by Crippen LogP contribution is -2.53. The maximum atomic E-state index is 13.4. The van der Waals surface area contributed by atoms with Crippen LogP contribution in [0, 0.1) is 5.41 Å². The second-order valence-corrected chi connectivity index (χ2v) is 11.7. The number of hydrogen-bond acceptors (Lipinski definition) is 6. The topological polar surface area (TPSA) is 113 Å². The first-order chi connectivity index (χ1) is 15.3. The molecule has 0 spiro atoms. The third kappa shape index (κ3) is 5.44. The monoisotopic (exact) mass is 475 g/mol. The van der Waals surface area contributed by atoms with Gasteiger partial charge in [0.15, 0.2) is 15.5 Å². The zero-order valence-corrected chi connectivity index (χ0v) is 20.9. The van der Waals surface area contributed by atoms with Crippen molar-refractivity contribution in [3.8, 4) is 11.4 Å². The van der Waals surface area contributed by atoms with Gasteiger partial charge in [-0.25, -0.2) is 13.4 Å². The maximum Gasteiger partial charge on any atom is 0.272 e. The minimum atomic E-state index is -3.31. The maximum absolute atomic E-state index is 13.4. The molecule has 10 heteroatoms. The van der Waals surface area contributed by atoms with Crippen LogP contribution in [0.5, 0.6) is 0 Å². The van der Waals surface area contributed by atoms with Gasteiger partial charge in [-0.05, 0) is 49.7 Å². The summed E-state index contributed by atoms with van der Waals surface area (Å²) < 4.78 is 25.7. The Morgan fingerprint density at radius 3 is 2.30 bits per heavy atom. The summed E-state index contributed by atoms with van der Waals surface area (Å²) in [6.07, 6.45) is 2.05. The van der Waals surface area contributed by atoms with Crippen molar-refractivity contribution in [3.63, 3.8) is 0 Å². The largest absolute Gasteiger partial charge is 0.357 e. The highest BCUT2D eigenvalue weighted by Gasteiger charge is 2.34. The van der Waals surface area contributed by atoms with Gasteiger partial charge in [-0.15, -0.1) is 0 Å². The van der Waals surface area contributed by atoms with Crippen LogP contribution in [0.2, 0.25) is 0 Å². The molecule has 0 bridgehead atoms. The van der Waals surface area contributed by atoms with Crippen molar-refractivity contribution >= 4 is 21.7 Å². The van der Waals surface area contributed by atoms with Crippen molar-refractivity contribution in [3.05, 3.63) is 35.7 Å². The molecule has 180 valence electrons. The standard InChI is InChI=1S/C23H33N5O4S/c1-23(2,3)19(22(30)24-4)26-21(29)18-17-14-27(5)12-7-13-28(17)20(25-18)15-8-10-16(11-9-15)33(6,31)32/h8-11,19H,7,12-14H2,1-6H3,(H,24,30)(H,26,29). The van der Waals surface area contributed by atoms with Gasteiger partial charge in [0.2, 0.25) is 5.91 Å². The fraction of sp³-hybridized carbons (Fsp3) is 0.522. The number of imidazole rings is 1. The molecule has 2 aromatic rings. The van der Waals surface area contributed by atoms with E-state index in [-0.39, 0.29) is 16.5 Å². The molecule has 1 aliphatic heterocycles. The van der Waals surface area contributed by atoms with Crippen molar-refractivity contribution in [1.82, 2.24) is 25.1 Å². The smallest absolute Gasteiger partial charge is 0.272 e. The number of amides is 2. The van der Waals surface area contributed by atoms with E-state index in [1.54, 1.807) is 31.3 Å². The summed E-state index contributed by atoms with van der Waals surface area (Å²) in [4.78, 5) is 32.9. The van der Waals surface area contributed by atoms with Crippen LogP contribution in [0.15, 0.2) is 29.2 Å². The van der Waals surface area contributed by atoms with Crippen molar-refractivity contribution in [2.75, 3.05) is 26.9 Å². The average molecular weight is 476 g/mol. The van der Waals surface area contributed by atoms with E-state index in [2.05, 4.69) is 15.5 Å². The van der Waals surface area contributed by atoms with Crippen LogP contribution in [-0.2, 0) is 27.7 Å². The van der Waals surface area contributed by atoms with E-state index in [1.807, 2.05) is 32.4 Å². The summed E-state index contributed by atoms with van der Waals surface area (Å²) in [6, 6.07) is 5.80. The number of nitrogens with one attached hydrogen (secondary N) is 2. The van der Waals surface area contributed by atoms with Gasteiger partial charge < -0.3 is 20.1 Å². The number of likely N-dealkylation sites (N-methyl/N-ethyl adjacent to an activating group) is 1. The van der Waals surface area contributed by atoms with Crippen LogP contribution in [0.3, 0.4) is 0 Å². The quantitative estimate of drug-likeness (QED) is 0.680. The first-order valence-electron chi connectivity index (χ1n) is 10.9. The van der Waals surface area contributed by atoms with Gasteiger partial charge in [0.05, 0.1) is 10.6 Å². The Hall–Kier alpha value is -2.72. The molecule has 0 radical (unpaired) electrons. The molecule has 1 aromatic carbocycles. The number of aromatic nitrogens is 2. The molecule has 2 heterocycles. The number of nitrogens with zero attached hydrogens (tertiary/aromatic N) is 3. The van der Waals surface area contributed by atoms with Crippen molar-refractivity contribution < 1.29 is 18.0 Å². The molecule has 2 N–H and O–H groups in total. The van der Waals surface area contributed by atoms with Gasteiger partial charge in [-0.2, -0.15) is 0 Å². The van der Waals surface area contributed by atoms with Crippen molar-refractivity contribution in [2.24, 2.45) is 5.41 Å². The van der Waals surface area contributed by atoms with Crippen LogP contribution < -0.4 is 10.6 Å². The molecule has 0 saturated carbocycles. The SMILES string of the molecule is CNC(=O)C(NC(=O)c1nc(-c2ccc(S(C)(=O)=O)cc2)n2c1CN(C)CCC2)C(C)(C)C. The third-order valence-electron chi connectivity index (χ3n) is 5.82. The molecule has 0 aliphatic carbocycles. The summed E-state index contributed by atoms with van der Waals surface area (Å²) in [5, 5.41) is 5.50. The average Bonchev–Trinajstić information content (AvgIpc) is 2.96. The fourth-order valence-corrected chi connectivity index (χ4v) is 4.62. The van der Waals surface area contributed by atoms with Crippen molar-refractivity contribution in [1.29, 1.82) is 0 Å². The normalized spacial score (nSPS) is 15.9. The highest BCUT2D eigenvalue weighted by molar-refractivity contribution is 7.90. The lowest BCUT2D eigenvalue weighted by atomic mass is 9.86. The van der Waals surface area contributed by atoms with E-state index in [4.69, 9.17) is 4.98 Å². The summed E-state index contributed by atoms with van der Waals surface area (Å²) in [5.74, 6) is -0.0656. The molecule has 33 heavy (non-hydrogen) atoms. The molecule has 2 amide bonds. The Morgan fingerprint density at radius 2 is 1.76 bits per heavy atom. The van der Waals surface area contributed by atoms with E-state index in [0.29, 0.717) is 18.9 Å². The molecule has 1 unspecified atom stereocenters. The summed E-state index contributed by atoms with van der Waals surface area (Å²) in [7, 11) is 0.224. The van der Waals surface area contributed by atoms with Crippen LogP contribution in [0.4, 0.5) is 0 Å². The lowest BCUT2D eigenvalue weighted by molar-refractivity contribution is -0.124. The Kier molecular flexibility index (Phi) is 6.99. The van der Waals surface area contributed by atoms with Crippen LogP contribution >= 0.6 is 0 Å². The van der Waals surface area contributed by atoms with Crippen LogP contribution in [0.25, 0.3) is 11.4 Å². The van der Waals surface area contributed by atoms with Gasteiger partial charge in [0.25, 0.3) is 5.91 Å². The number of rotatable bonds is 5. The number of benzene rings is 1. The predicted octanol–water partition coefficient (Wildman–Crippen LogP) is 1.68. The molecular formula is C23H33N5O4S. The van der Waals surface area contributed by atoms with Gasteiger partial charge in [0, 0.05) is 32.0 Å². The number of hydrogen-bond donors (Lipinski definition) is 2. The molecule has 3 rings (SSSR count). The molecular weight excluding hydrogens is 442 g/mol. The van der Waals surface area contributed by atoms with Gasteiger partial charge in [-0.1, -0.05) is 20.8 Å². The summed E-state index contributed by atoms with van der Waals surface area (Å²) >= 11 is 0. The van der Waals surface area contributed by atoms with Crippen molar-refractivity contribution in [2.45, 2.75) is 51.2 Å². The molecule has 1 atom stereocenters. The molecule has 0 saturated heterocycles. The van der Waals surface area contributed by atoms with E-state index >= 15 is 0 Å². The second-order valence-electron chi connectivity index (χ2n) is 9.66. The zero-order chi connectivity index (χ0) is 24.6. The van der Waals surface area contributed by atoms with Crippen LogP contribution in [0.1, 0.15) is 43.4 Å². The Labute approximate surface area is 195 Å². The molecule has 1 aliphatic rings. The molecule has 1 aromatic heterocycles. The highest BCUT2D eigenvalue weighted by Crippen LogP contribution is 2.28. The van der Waals surface area contributed by atoms with Gasteiger partial charge >= 0.3 is 0 Å². The highest BCUT2D eigenvalue weighted by atomic mass is 32.2. The van der Waals surface area contributed by atoms with Crippen LogP contribution in [-0.4, -0.2) is 67.6 Å². The number of fused-ring (bicyclic) bond motifs is 1. The molecule has 0 fully saturated rings. The van der Waals surface area contributed by atoms with Gasteiger partial charge in [0.1, 0.15) is 11.9 Å². The predicted molar refractivity (Wildman–Crippen MR) is 126 cm³/mol. The number of carbonyl (C=O) groups is 2. The van der Waals surface area contributed by atoms with Gasteiger partial charge in [-0.3, -0.25) is 9.59 Å². The van der Waals surface area contributed by atoms with E-state index in [9.17, 15) is 18.0 Å². The van der Waals surface area contributed by atoms with E-state index in [0.717, 1.165) is 24.2 Å². The Bertz CT molecular complexity index is 1150. The third-order valence-corrected chi connectivity index (χ3v) is 6.95. The fourth-order valence-electron chi connectivity index (χ4n) is 3.99.